The number of hydrogen-bond donors (Lipinski definition) is 0. The van der Waals surface area contributed by atoms with Crippen LogP contribution in [0.2, 0.25) is 0 Å². The summed E-state index contributed by atoms with van der Waals surface area (Å²) in [4.78, 5) is 0. The van der Waals surface area contributed by atoms with Gasteiger partial charge in [-0.25, -0.2) is 0 Å². The summed E-state index contributed by atoms with van der Waals surface area (Å²) in [6.07, 6.45) is 0. The Morgan fingerprint density at radius 1 is 0.941 bits per heavy atom. The Balaban J connectivity index is 2.33. The van der Waals surface area contributed by atoms with Crippen LogP contribution in [0.25, 0.3) is 0 Å². The average Bonchev–Trinajstić information content (AvgIpc) is 2.38. The summed E-state index contributed by atoms with van der Waals surface area (Å²) in [7, 11) is 6.11. The first kappa shape index (κ1) is 12.7. The van der Waals surface area contributed by atoms with Crippen LogP contribution >= 0.6 is 8.25 Å². The van der Waals surface area contributed by atoms with E-state index in [2.05, 4.69) is 16.3 Å². The van der Waals surface area contributed by atoms with E-state index in [1.54, 1.807) is 0 Å². The molecular formula is C13H11ClHgN2. The van der Waals surface area contributed by atoms with Crippen molar-refractivity contribution >= 4 is 22.7 Å². The summed E-state index contributed by atoms with van der Waals surface area (Å²) >= 11 is -1.45. The van der Waals surface area contributed by atoms with E-state index in [0.29, 0.717) is 0 Å². The molecule has 0 amide bonds. The van der Waals surface area contributed by atoms with E-state index in [9.17, 15) is 0 Å². The zero-order valence-corrected chi connectivity index (χ0v) is 15.9. The Labute approximate surface area is 117 Å². The molecule has 0 heterocycles. The van der Waals surface area contributed by atoms with E-state index in [0.717, 1.165) is 16.9 Å². The van der Waals surface area contributed by atoms with Crippen molar-refractivity contribution in [3.8, 4) is 0 Å². The van der Waals surface area contributed by atoms with Crippen molar-refractivity contribution in [2.45, 2.75) is 6.92 Å². The van der Waals surface area contributed by atoms with Crippen LogP contribution in [0.4, 0.5) is 11.4 Å². The zero-order valence-electron chi connectivity index (χ0n) is 9.60. The van der Waals surface area contributed by atoms with Gasteiger partial charge in [-0.2, -0.15) is 0 Å². The van der Waals surface area contributed by atoms with E-state index in [-0.39, 0.29) is 0 Å². The van der Waals surface area contributed by atoms with Crippen molar-refractivity contribution in [1.82, 2.24) is 0 Å². The molecule has 2 aromatic carbocycles. The van der Waals surface area contributed by atoms with Crippen LogP contribution in [-0.4, -0.2) is 0 Å². The van der Waals surface area contributed by atoms with Gasteiger partial charge >= 0.3 is 117 Å². The van der Waals surface area contributed by atoms with Crippen molar-refractivity contribution < 1.29 is 23.3 Å². The first-order chi connectivity index (χ1) is 8.31. The molecule has 0 aliphatic heterocycles. The Kier molecular flexibility index (Phi) is 4.69. The number of halogens is 1. The van der Waals surface area contributed by atoms with Crippen molar-refractivity contribution in [3.63, 3.8) is 0 Å². The van der Waals surface area contributed by atoms with E-state index in [1.807, 2.05) is 49.4 Å². The molecule has 0 saturated heterocycles. The topological polar surface area (TPSA) is 24.7 Å². The molecular weight excluding hydrogens is 420 g/mol. The Hall–Kier alpha value is -0.735. The summed E-state index contributed by atoms with van der Waals surface area (Å²) in [5, 5.41) is 8.59. The van der Waals surface area contributed by atoms with Crippen LogP contribution in [0.15, 0.2) is 58.8 Å². The van der Waals surface area contributed by atoms with Crippen LogP contribution in [0, 0.1) is 6.92 Å². The normalized spacial score (nSPS) is 10.5. The Morgan fingerprint density at radius 3 is 2.41 bits per heavy atom. The van der Waals surface area contributed by atoms with Gasteiger partial charge in [0.15, 0.2) is 0 Å². The van der Waals surface area contributed by atoms with Gasteiger partial charge < -0.3 is 0 Å². The number of azo groups is 1. The minimum absolute atomic E-state index is 0.868. The van der Waals surface area contributed by atoms with Crippen LogP contribution in [-0.2, 0) is 23.3 Å². The first-order valence-corrected chi connectivity index (χ1v) is 14.9. The summed E-state index contributed by atoms with van der Waals surface area (Å²) < 4.78 is 1.23. The first-order valence-electron chi connectivity index (χ1n) is 5.42. The van der Waals surface area contributed by atoms with Crippen LogP contribution < -0.4 is 3.07 Å². The molecule has 2 aromatic rings. The Bertz CT molecular complexity index is 526. The summed E-state index contributed by atoms with van der Waals surface area (Å²) in [6.45, 7) is 2.04. The fourth-order valence-corrected chi connectivity index (χ4v) is 6.19. The maximum absolute atomic E-state index is 6.11. The standard InChI is InChI=1S/C13H11N2.ClH.Hg/c1-11-7-5-6-10-13(11)15-14-12-8-3-2-4-9-12;;/h2-9H,1H3;1H;/q;;+1/p-1. The quantitative estimate of drug-likeness (QED) is 0.513. The van der Waals surface area contributed by atoms with E-state index in [4.69, 9.17) is 8.25 Å². The van der Waals surface area contributed by atoms with Gasteiger partial charge in [0.25, 0.3) is 0 Å². The number of benzene rings is 2. The molecule has 0 aromatic heterocycles. The van der Waals surface area contributed by atoms with Crippen molar-refractivity contribution in [2.24, 2.45) is 10.2 Å². The fourth-order valence-electron chi connectivity index (χ4n) is 1.57. The second kappa shape index (κ2) is 6.27. The molecule has 0 fully saturated rings. The third-order valence-corrected chi connectivity index (χ3v) is 8.35. The van der Waals surface area contributed by atoms with Crippen LogP contribution in [0.5, 0.6) is 0 Å². The van der Waals surface area contributed by atoms with Crippen LogP contribution in [0.3, 0.4) is 0 Å². The van der Waals surface area contributed by atoms with Crippen molar-refractivity contribution in [2.75, 3.05) is 0 Å². The van der Waals surface area contributed by atoms with Crippen molar-refractivity contribution in [3.05, 3.63) is 54.1 Å². The Morgan fingerprint density at radius 2 is 1.71 bits per heavy atom. The average molecular weight is 431 g/mol. The van der Waals surface area contributed by atoms with E-state index >= 15 is 0 Å². The molecule has 0 bridgehead atoms. The van der Waals surface area contributed by atoms with Gasteiger partial charge in [0.05, 0.1) is 0 Å². The van der Waals surface area contributed by atoms with Gasteiger partial charge in [-0.15, -0.1) is 0 Å². The molecule has 0 unspecified atom stereocenters. The number of rotatable bonds is 3. The maximum atomic E-state index is 6.11. The van der Waals surface area contributed by atoms with Gasteiger partial charge in [0.2, 0.25) is 0 Å². The van der Waals surface area contributed by atoms with Crippen LogP contribution in [0.1, 0.15) is 5.56 Å². The second-order valence-corrected chi connectivity index (χ2v) is 10.1. The van der Waals surface area contributed by atoms with Gasteiger partial charge in [0, 0.05) is 0 Å². The minimum atomic E-state index is -1.45. The molecule has 4 heteroatoms. The van der Waals surface area contributed by atoms with Gasteiger partial charge in [-0.1, -0.05) is 0 Å². The second-order valence-electron chi connectivity index (χ2n) is 3.75. The van der Waals surface area contributed by atoms with E-state index in [1.165, 1.54) is 3.07 Å². The summed E-state index contributed by atoms with van der Waals surface area (Å²) in [5.41, 5.74) is 2.98. The van der Waals surface area contributed by atoms with Crippen molar-refractivity contribution in [1.29, 1.82) is 0 Å². The molecule has 2 nitrogen and oxygen atoms in total. The SMILES string of the molecule is Cc1ccc[c]([Hg][Cl])c1N=Nc1ccccc1. The molecule has 0 atom stereocenters. The molecule has 82 valence electrons. The molecule has 0 spiro atoms. The molecule has 0 aliphatic rings. The van der Waals surface area contributed by atoms with Gasteiger partial charge in [0.1, 0.15) is 0 Å². The molecule has 0 radical (unpaired) electrons. The summed E-state index contributed by atoms with van der Waals surface area (Å²) in [5.74, 6) is 0. The molecule has 2 rings (SSSR count). The third-order valence-electron chi connectivity index (χ3n) is 2.49. The van der Waals surface area contributed by atoms with Gasteiger partial charge in [-0.3, -0.25) is 0 Å². The van der Waals surface area contributed by atoms with E-state index < -0.39 is 23.3 Å². The predicted molar refractivity (Wildman–Crippen MR) is 67.3 cm³/mol. The van der Waals surface area contributed by atoms with Gasteiger partial charge in [-0.05, 0) is 0 Å². The number of hydrogen-bond acceptors (Lipinski definition) is 2. The summed E-state index contributed by atoms with van der Waals surface area (Å²) in [6, 6.07) is 15.9. The molecule has 0 saturated carbocycles. The third kappa shape index (κ3) is 3.36. The predicted octanol–water partition coefficient (Wildman–Crippen LogP) is 4.27. The number of aryl methyl sites for hydroxylation is 1. The molecule has 0 N–H and O–H groups in total. The number of nitrogens with zero attached hydrogens (tertiary/aromatic N) is 2. The molecule has 0 aliphatic carbocycles. The zero-order chi connectivity index (χ0) is 12.1. The molecule has 17 heavy (non-hydrogen) atoms. The fraction of sp³-hybridized carbons (Fsp3) is 0.0769. The monoisotopic (exact) mass is 432 g/mol.